The number of nitrogens with two attached hydrogens (primary N) is 1. The molecule has 0 aliphatic heterocycles. The summed E-state index contributed by atoms with van der Waals surface area (Å²) < 4.78 is 0. The van der Waals surface area contributed by atoms with Gasteiger partial charge in [-0.15, -0.1) is 0 Å². The second-order valence-electron chi connectivity index (χ2n) is 5.37. The molecule has 3 aromatic rings. The summed E-state index contributed by atoms with van der Waals surface area (Å²) in [4.78, 5) is 8.45. The van der Waals surface area contributed by atoms with Gasteiger partial charge < -0.3 is 16.4 Å². The van der Waals surface area contributed by atoms with Crippen molar-refractivity contribution in [2.45, 2.75) is 13.5 Å². The molecule has 122 valence electrons. The van der Waals surface area contributed by atoms with Crippen LogP contribution in [0.2, 0.25) is 5.02 Å². The maximum Gasteiger partial charge on any atom is 0.159 e. The molecular formula is C18H18ClN5. The molecule has 24 heavy (non-hydrogen) atoms. The van der Waals surface area contributed by atoms with Crippen LogP contribution in [0.3, 0.4) is 0 Å². The Hall–Kier alpha value is -2.79. The third-order valence-corrected chi connectivity index (χ3v) is 4.05. The van der Waals surface area contributed by atoms with Crippen molar-refractivity contribution in [1.29, 1.82) is 0 Å². The molecule has 0 saturated carbocycles. The SMILES string of the molecule is Cc1ccccc1Nc1ncnc(NCc2ccccc2Cl)c1N. The molecule has 0 unspecified atom stereocenters. The summed E-state index contributed by atoms with van der Waals surface area (Å²) in [5.41, 5.74) is 9.71. The number of para-hydroxylation sites is 1. The number of aryl methyl sites for hydroxylation is 1. The molecule has 0 saturated heterocycles. The monoisotopic (exact) mass is 339 g/mol. The Morgan fingerprint density at radius 3 is 2.50 bits per heavy atom. The Kier molecular flexibility index (Phi) is 4.82. The summed E-state index contributed by atoms with van der Waals surface area (Å²) in [7, 11) is 0. The fourth-order valence-corrected chi connectivity index (χ4v) is 2.50. The normalized spacial score (nSPS) is 10.4. The number of halogens is 1. The van der Waals surface area contributed by atoms with E-state index in [-0.39, 0.29) is 0 Å². The molecule has 0 bridgehead atoms. The lowest BCUT2D eigenvalue weighted by Gasteiger charge is -2.14. The van der Waals surface area contributed by atoms with Gasteiger partial charge in [0.15, 0.2) is 11.6 Å². The average molecular weight is 340 g/mol. The molecule has 0 aliphatic carbocycles. The first-order valence-corrected chi connectivity index (χ1v) is 7.93. The van der Waals surface area contributed by atoms with Crippen LogP contribution in [-0.4, -0.2) is 9.97 Å². The number of nitrogens with zero attached hydrogens (tertiary/aromatic N) is 2. The number of anilines is 4. The molecule has 2 aromatic carbocycles. The van der Waals surface area contributed by atoms with Crippen LogP contribution >= 0.6 is 11.6 Å². The molecular weight excluding hydrogens is 322 g/mol. The van der Waals surface area contributed by atoms with E-state index in [9.17, 15) is 0 Å². The third kappa shape index (κ3) is 3.58. The van der Waals surface area contributed by atoms with Crippen molar-refractivity contribution in [3.8, 4) is 0 Å². The Bertz CT molecular complexity index is 850. The van der Waals surface area contributed by atoms with Gasteiger partial charge in [0.1, 0.15) is 12.0 Å². The van der Waals surface area contributed by atoms with E-state index >= 15 is 0 Å². The fourth-order valence-electron chi connectivity index (χ4n) is 2.30. The molecule has 0 spiro atoms. The quantitative estimate of drug-likeness (QED) is 0.643. The van der Waals surface area contributed by atoms with Gasteiger partial charge in [0.05, 0.1) is 0 Å². The average Bonchev–Trinajstić information content (AvgIpc) is 2.59. The first-order valence-electron chi connectivity index (χ1n) is 7.55. The zero-order valence-corrected chi connectivity index (χ0v) is 14.0. The van der Waals surface area contributed by atoms with Gasteiger partial charge in [-0.3, -0.25) is 0 Å². The lowest BCUT2D eigenvalue weighted by atomic mass is 10.2. The van der Waals surface area contributed by atoms with Gasteiger partial charge in [-0.2, -0.15) is 0 Å². The van der Waals surface area contributed by atoms with Gasteiger partial charge in [0, 0.05) is 17.3 Å². The zero-order valence-electron chi connectivity index (χ0n) is 13.3. The zero-order chi connectivity index (χ0) is 16.9. The van der Waals surface area contributed by atoms with Crippen molar-refractivity contribution in [2.24, 2.45) is 0 Å². The Labute approximate surface area is 145 Å². The molecule has 4 N–H and O–H groups in total. The van der Waals surface area contributed by atoms with E-state index in [1.807, 2.05) is 55.5 Å². The summed E-state index contributed by atoms with van der Waals surface area (Å²) in [5.74, 6) is 1.14. The highest BCUT2D eigenvalue weighted by Crippen LogP contribution is 2.27. The number of hydrogen-bond donors (Lipinski definition) is 3. The number of hydrogen-bond acceptors (Lipinski definition) is 5. The van der Waals surface area contributed by atoms with Crippen LogP contribution in [0.5, 0.6) is 0 Å². The first-order chi connectivity index (χ1) is 11.6. The van der Waals surface area contributed by atoms with Crippen LogP contribution in [0.15, 0.2) is 54.9 Å². The van der Waals surface area contributed by atoms with Crippen molar-refractivity contribution < 1.29 is 0 Å². The minimum absolute atomic E-state index is 0.466. The molecule has 5 nitrogen and oxygen atoms in total. The molecule has 1 heterocycles. The van der Waals surface area contributed by atoms with Crippen molar-refractivity contribution in [3.05, 3.63) is 71.0 Å². The highest BCUT2D eigenvalue weighted by atomic mass is 35.5. The highest BCUT2D eigenvalue weighted by Gasteiger charge is 2.09. The maximum absolute atomic E-state index is 6.20. The van der Waals surface area contributed by atoms with E-state index in [2.05, 4.69) is 20.6 Å². The van der Waals surface area contributed by atoms with Crippen molar-refractivity contribution in [3.63, 3.8) is 0 Å². The van der Waals surface area contributed by atoms with Crippen LogP contribution in [0.1, 0.15) is 11.1 Å². The van der Waals surface area contributed by atoms with Gasteiger partial charge in [-0.25, -0.2) is 9.97 Å². The molecule has 0 radical (unpaired) electrons. The molecule has 0 aliphatic rings. The standard InChI is InChI=1S/C18H18ClN5/c1-12-6-2-5-9-15(12)24-18-16(20)17(22-11-23-18)21-10-13-7-3-4-8-14(13)19/h2-9,11H,10,20H2,1H3,(H2,21,22,23,24). The van der Waals surface area contributed by atoms with Crippen LogP contribution in [0, 0.1) is 6.92 Å². The smallest absolute Gasteiger partial charge is 0.159 e. The predicted octanol–water partition coefficient (Wildman–Crippen LogP) is 4.38. The van der Waals surface area contributed by atoms with Crippen LogP contribution < -0.4 is 16.4 Å². The predicted molar refractivity (Wildman–Crippen MR) is 99.7 cm³/mol. The number of rotatable bonds is 5. The second-order valence-corrected chi connectivity index (χ2v) is 5.78. The maximum atomic E-state index is 6.20. The number of nitrogens with one attached hydrogen (secondary N) is 2. The summed E-state index contributed by atoms with van der Waals surface area (Å²) in [6.07, 6.45) is 1.48. The lowest BCUT2D eigenvalue weighted by molar-refractivity contribution is 1.09. The minimum Gasteiger partial charge on any atom is -0.393 e. The first kappa shape index (κ1) is 16.1. The minimum atomic E-state index is 0.466. The third-order valence-electron chi connectivity index (χ3n) is 3.69. The van der Waals surface area contributed by atoms with Gasteiger partial charge in [-0.1, -0.05) is 48.0 Å². The Morgan fingerprint density at radius 2 is 1.71 bits per heavy atom. The van der Waals surface area contributed by atoms with Gasteiger partial charge >= 0.3 is 0 Å². The summed E-state index contributed by atoms with van der Waals surface area (Å²) in [6.45, 7) is 2.56. The van der Waals surface area contributed by atoms with E-state index in [0.717, 1.165) is 16.8 Å². The molecule has 3 rings (SSSR count). The van der Waals surface area contributed by atoms with E-state index in [1.165, 1.54) is 6.33 Å². The van der Waals surface area contributed by atoms with E-state index in [0.29, 0.717) is 28.9 Å². The molecule has 1 aromatic heterocycles. The van der Waals surface area contributed by atoms with Crippen LogP contribution in [0.25, 0.3) is 0 Å². The van der Waals surface area contributed by atoms with Gasteiger partial charge in [-0.05, 0) is 30.2 Å². The van der Waals surface area contributed by atoms with Crippen LogP contribution in [0.4, 0.5) is 23.0 Å². The van der Waals surface area contributed by atoms with Crippen LogP contribution in [-0.2, 0) is 6.54 Å². The summed E-state index contributed by atoms with van der Waals surface area (Å²) in [5, 5.41) is 7.16. The number of aromatic nitrogens is 2. The second kappa shape index (κ2) is 7.19. The number of nitrogen functional groups attached to an aromatic ring is 1. The Morgan fingerprint density at radius 1 is 1.00 bits per heavy atom. The van der Waals surface area contributed by atoms with E-state index in [1.54, 1.807) is 0 Å². The Balaban J connectivity index is 1.78. The molecule has 0 amide bonds. The van der Waals surface area contributed by atoms with Gasteiger partial charge in [0.25, 0.3) is 0 Å². The molecule has 0 fully saturated rings. The number of benzene rings is 2. The van der Waals surface area contributed by atoms with Crippen molar-refractivity contribution >= 4 is 34.6 Å². The lowest BCUT2D eigenvalue weighted by Crippen LogP contribution is -2.08. The largest absolute Gasteiger partial charge is 0.393 e. The van der Waals surface area contributed by atoms with Crippen molar-refractivity contribution in [2.75, 3.05) is 16.4 Å². The van der Waals surface area contributed by atoms with Gasteiger partial charge in [0.2, 0.25) is 0 Å². The van der Waals surface area contributed by atoms with Crippen molar-refractivity contribution in [1.82, 2.24) is 9.97 Å². The highest BCUT2D eigenvalue weighted by molar-refractivity contribution is 6.31. The molecule has 0 atom stereocenters. The summed E-state index contributed by atoms with van der Waals surface area (Å²) in [6, 6.07) is 15.6. The topological polar surface area (TPSA) is 75.9 Å². The fraction of sp³-hybridized carbons (Fsp3) is 0.111. The summed E-state index contributed by atoms with van der Waals surface area (Å²) >= 11 is 6.17. The van der Waals surface area contributed by atoms with E-state index in [4.69, 9.17) is 17.3 Å². The molecule has 6 heteroatoms. The van der Waals surface area contributed by atoms with E-state index < -0.39 is 0 Å².